The van der Waals surface area contributed by atoms with Crippen LogP contribution in [-0.4, -0.2) is 46.6 Å². The molecular formula is C24H32F2O4S. The normalized spacial score (nSPS) is 50.7. The molecule has 1 unspecified atom stereocenters. The number of carbonyl (C=O) groups excluding carboxylic acids is 1. The molecule has 0 aromatic rings. The Kier molecular flexibility index (Phi) is 4.88. The maximum Gasteiger partial charge on any atom is 0.241 e. The highest BCUT2D eigenvalue weighted by atomic mass is 32.2. The average molecular weight is 455 g/mol. The Morgan fingerprint density at radius 2 is 2.00 bits per heavy atom. The number of hydrogen-bond donors (Lipinski definition) is 1. The molecule has 5 rings (SSSR count). The fourth-order valence-electron chi connectivity index (χ4n) is 7.60. The molecule has 1 aliphatic heterocycles. The molecular weight excluding hydrogens is 422 g/mol. The molecule has 0 aromatic carbocycles. The zero-order chi connectivity index (χ0) is 22.3. The molecule has 172 valence electrons. The Morgan fingerprint density at radius 3 is 2.68 bits per heavy atom. The van der Waals surface area contributed by atoms with E-state index in [4.69, 9.17) is 9.47 Å². The third-order valence-corrected chi connectivity index (χ3v) is 10.4. The number of carbonyl (C=O) groups is 1. The molecule has 0 bridgehead atoms. The van der Waals surface area contributed by atoms with Crippen molar-refractivity contribution >= 4 is 17.5 Å². The average Bonchev–Trinajstić information content (AvgIpc) is 3.29. The van der Waals surface area contributed by atoms with E-state index in [1.807, 2.05) is 6.92 Å². The number of fused-ring (bicyclic) bond motifs is 6. The molecule has 7 heteroatoms. The largest absolute Gasteiger partial charge is 0.454 e. The van der Waals surface area contributed by atoms with Crippen LogP contribution in [-0.2, 0) is 14.3 Å². The summed E-state index contributed by atoms with van der Waals surface area (Å²) in [6.07, 6.45) is 3.27. The molecule has 4 nitrogen and oxygen atoms in total. The molecule has 0 radical (unpaired) electrons. The number of hydrogen-bond acceptors (Lipinski definition) is 5. The zero-order valence-corrected chi connectivity index (χ0v) is 19.4. The van der Waals surface area contributed by atoms with E-state index in [1.165, 1.54) is 6.08 Å². The topological polar surface area (TPSA) is 55.8 Å². The number of allylic oxidation sites excluding steroid dienone is 2. The van der Waals surface area contributed by atoms with Crippen molar-refractivity contribution in [1.29, 1.82) is 0 Å². The van der Waals surface area contributed by atoms with E-state index in [0.29, 0.717) is 18.1 Å². The van der Waals surface area contributed by atoms with Crippen LogP contribution in [0.25, 0.3) is 0 Å². The highest BCUT2D eigenvalue weighted by Crippen LogP contribution is 2.71. The lowest BCUT2D eigenvalue weighted by Gasteiger charge is -2.62. The van der Waals surface area contributed by atoms with Gasteiger partial charge in [-0.3, -0.25) is 4.79 Å². The van der Waals surface area contributed by atoms with Gasteiger partial charge in [0, 0.05) is 17.6 Å². The molecule has 0 amide bonds. The van der Waals surface area contributed by atoms with Crippen molar-refractivity contribution < 1.29 is 28.2 Å². The molecule has 5 aliphatic rings. The van der Waals surface area contributed by atoms with Crippen molar-refractivity contribution in [2.45, 2.75) is 88.8 Å². The van der Waals surface area contributed by atoms with Gasteiger partial charge in [0.1, 0.15) is 6.17 Å². The smallest absolute Gasteiger partial charge is 0.241 e. The minimum atomic E-state index is -2.12. The Labute approximate surface area is 186 Å². The van der Waals surface area contributed by atoms with Gasteiger partial charge >= 0.3 is 0 Å². The first-order chi connectivity index (χ1) is 14.6. The lowest BCUT2D eigenvalue weighted by atomic mass is 9.45. The van der Waals surface area contributed by atoms with E-state index in [0.717, 1.165) is 19.3 Å². The first kappa shape index (κ1) is 21.7. The molecule has 1 heterocycles. The number of aliphatic hydroxyl groups excluding tert-OH is 1. The summed E-state index contributed by atoms with van der Waals surface area (Å²) in [5, 5.41) is 11.7. The van der Waals surface area contributed by atoms with Crippen molar-refractivity contribution in [3.05, 3.63) is 23.2 Å². The Morgan fingerprint density at radius 1 is 1.26 bits per heavy atom. The van der Waals surface area contributed by atoms with Gasteiger partial charge in [-0.1, -0.05) is 13.8 Å². The van der Waals surface area contributed by atoms with E-state index < -0.39 is 41.4 Å². The quantitative estimate of drug-likeness (QED) is 0.660. The van der Waals surface area contributed by atoms with Crippen molar-refractivity contribution in [2.75, 3.05) is 6.26 Å². The number of ketones is 1. The van der Waals surface area contributed by atoms with E-state index >= 15 is 8.78 Å². The number of ether oxygens (including phenoxy) is 2. The minimum absolute atomic E-state index is 0.00845. The first-order valence-corrected chi connectivity index (χ1v) is 12.8. The summed E-state index contributed by atoms with van der Waals surface area (Å²) < 4.78 is 44.9. The van der Waals surface area contributed by atoms with Crippen LogP contribution >= 0.6 is 11.8 Å². The van der Waals surface area contributed by atoms with Crippen LogP contribution in [0.3, 0.4) is 0 Å². The summed E-state index contributed by atoms with van der Waals surface area (Å²) >= 11 is 1.76. The van der Waals surface area contributed by atoms with Gasteiger partial charge in [-0.15, -0.1) is 0 Å². The number of alkyl halides is 2. The molecule has 1 N–H and O–H groups in total. The Bertz CT molecular complexity index is 874. The molecule has 4 aliphatic carbocycles. The molecule has 31 heavy (non-hydrogen) atoms. The number of thioether (sulfide) groups is 1. The predicted octanol–water partition coefficient (Wildman–Crippen LogP) is 4.87. The van der Waals surface area contributed by atoms with E-state index in [9.17, 15) is 9.90 Å². The van der Waals surface area contributed by atoms with Crippen LogP contribution < -0.4 is 0 Å². The molecule has 9 atom stereocenters. The lowest BCUT2D eigenvalue weighted by Crippen LogP contribution is -2.69. The fourth-order valence-corrected chi connectivity index (χ4v) is 8.78. The molecule has 0 spiro atoms. The predicted molar refractivity (Wildman–Crippen MR) is 115 cm³/mol. The van der Waals surface area contributed by atoms with Crippen LogP contribution in [0.4, 0.5) is 8.78 Å². The van der Waals surface area contributed by atoms with Crippen molar-refractivity contribution in [1.82, 2.24) is 0 Å². The first-order valence-electron chi connectivity index (χ1n) is 11.5. The van der Waals surface area contributed by atoms with Crippen LogP contribution in [0.1, 0.15) is 59.3 Å². The highest BCUT2D eigenvalue weighted by Gasteiger charge is 2.75. The Balaban J connectivity index is 1.64. The Hall–Kier alpha value is -1.08. The number of halogens is 2. The van der Waals surface area contributed by atoms with E-state index in [1.54, 1.807) is 18.7 Å². The van der Waals surface area contributed by atoms with Crippen molar-refractivity contribution in [2.24, 2.45) is 22.7 Å². The van der Waals surface area contributed by atoms with Gasteiger partial charge in [-0.05, 0) is 68.3 Å². The van der Waals surface area contributed by atoms with Crippen molar-refractivity contribution in [3.63, 3.8) is 0 Å². The molecule has 0 saturated heterocycles. The monoisotopic (exact) mass is 454 g/mol. The van der Waals surface area contributed by atoms with Gasteiger partial charge in [0.05, 0.1) is 11.5 Å². The zero-order valence-electron chi connectivity index (χ0n) is 18.6. The van der Waals surface area contributed by atoms with Gasteiger partial charge in [-0.25, -0.2) is 8.78 Å². The van der Waals surface area contributed by atoms with Gasteiger partial charge in [0.2, 0.25) is 17.8 Å². The fraction of sp³-hybridized carbons (Fsp3) is 0.792. The maximum atomic E-state index is 17.5. The standard InChI is InChI=1S/C24H32F2O4S/c1-5-6-19-29-20-16(27)10-14-15(25)9-13-12-7-8-18(31-4)22(12,2)11-17(28)24(13,26)23(14,3)21(20)30-19/h10,12-13,15,17-19,28H,5-9,11H2,1-4H3/t12-,13-,15-,17-,18+,19?,22-,23+,24-/m0/s1. The van der Waals surface area contributed by atoms with Crippen LogP contribution in [0.15, 0.2) is 23.2 Å². The summed E-state index contributed by atoms with van der Waals surface area (Å²) in [5.74, 6) is -1.06. The van der Waals surface area contributed by atoms with Gasteiger partial charge < -0.3 is 14.6 Å². The van der Waals surface area contributed by atoms with Crippen LogP contribution in [0, 0.1) is 22.7 Å². The number of aliphatic hydroxyl groups is 1. The molecule has 3 fully saturated rings. The lowest BCUT2D eigenvalue weighted by molar-refractivity contribution is -0.207. The molecule has 0 aromatic heterocycles. The summed E-state index contributed by atoms with van der Waals surface area (Å²) in [4.78, 5) is 12.7. The van der Waals surface area contributed by atoms with Crippen molar-refractivity contribution in [3.8, 4) is 0 Å². The summed E-state index contributed by atoms with van der Waals surface area (Å²) in [6, 6.07) is 0. The van der Waals surface area contributed by atoms with E-state index in [2.05, 4.69) is 13.2 Å². The second-order valence-electron chi connectivity index (χ2n) is 10.4. The highest BCUT2D eigenvalue weighted by molar-refractivity contribution is 7.99. The second-order valence-corrected chi connectivity index (χ2v) is 11.5. The second kappa shape index (κ2) is 6.96. The minimum Gasteiger partial charge on any atom is -0.454 e. The maximum absolute atomic E-state index is 17.5. The van der Waals surface area contributed by atoms with Gasteiger partial charge in [0.15, 0.2) is 11.4 Å². The third kappa shape index (κ3) is 2.54. The summed E-state index contributed by atoms with van der Waals surface area (Å²) in [5.41, 5.74) is -3.82. The van der Waals surface area contributed by atoms with Crippen LogP contribution in [0.2, 0.25) is 0 Å². The summed E-state index contributed by atoms with van der Waals surface area (Å²) in [6.45, 7) is 5.72. The van der Waals surface area contributed by atoms with Gasteiger partial charge in [0.25, 0.3) is 0 Å². The summed E-state index contributed by atoms with van der Waals surface area (Å²) in [7, 11) is 0. The third-order valence-electron chi connectivity index (χ3n) is 9.09. The SMILES string of the molecule is CCCC1OC2=C(O1)[C@@]1(C)C(=CC2=O)[C@@H](F)C[C@H]2[C@@H]3CC[C@@H](SC)[C@@]3(C)C[C@H](O)[C@@]21F. The molecule has 3 saturated carbocycles. The van der Waals surface area contributed by atoms with Gasteiger partial charge in [-0.2, -0.15) is 11.8 Å². The van der Waals surface area contributed by atoms with Crippen LogP contribution in [0.5, 0.6) is 0 Å². The van der Waals surface area contributed by atoms with E-state index in [-0.39, 0.29) is 34.8 Å². The number of rotatable bonds is 3.